The fraction of sp³-hybridized carbons (Fsp3) is 0.391. The number of carbonyl (C=O) groups is 2. The second-order valence-electron chi connectivity index (χ2n) is 7.47. The average Bonchev–Trinajstić information content (AvgIpc) is 2.78. The highest BCUT2D eigenvalue weighted by molar-refractivity contribution is 6.30. The molecule has 0 aromatic heterocycles. The first-order chi connectivity index (χ1) is 14.4. The van der Waals surface area contributed by atoms with Crippen LogP contribution in [0.4, 0.5) is 0 Å². The summed E-state index contributed by atoms with van der Waals surface area (Å²) in [7, 11) is 4.98. The number of halogens is 1. The number of amides is 2. The third kappa shape index (κ3) is 5.05. The van der Waals surface area contributed by atoms with Crippen molar-refractivity contribution in [2.75, 3.05) is 34.4 Å². The lowest BCUT2D eigenvalue weighted by atomic mass is 9.95. The molecule has 2 aromatic carbocycles. The highest BCUT2D eigenvalue weighted by Crippen LogP contribution is 2.27. The molecule has 1 heterocycles. The molecule has 0 radical (unpaired) electrons. The smallest absolute Gasteiger partial charge is 0.253 e. The van der Waals surface area contributed by atoms with E-state index in [1.54, 1.807) is 61.4 Å². The molecular formula is C23H27ClN2O4. The van der Waals surface area contributed by atoms with Gasteiger partial charge < -0.3 is 19.3 Å². The Balaban J connectivity index is 1.66. The van der Waals surface area contributed by atoms with E-state index >= 15 is 0 Å². The maximum absolute atomic E-state index is 13.1. The van der Waals surface area contributed by atoms with Crippen molar-refractivity contribution in [3.63, 3.8) is 0 Å². The minimum absolute atomic E-state index is 0.0291. The van der Waals surface area contributed by atoms with E-state index in [9.17, 15) is 9.59 Å². The summed E-state index contributed by atoms with van der Waals surface area (Å²) in [5.41, 5.74) is 1.49. The van der Waals surface area contributed by atoms with Crippen LogP contribution in [0.3, 0.4) is 0 Å². The van der Waals surface area contributed by atoms with Gasteiger partial charge in [0.2, 0.25) is 5.91 Å². The van der Waals surface area contributed by atoms with Crippen molar-refractivity contribution in [3.8, 4) is 11.5 Å². The fourth-order valence-corrected chi connectivity index (χ4v) is 3.89. The third-order valence-corrected chi connectivity index (χ3v) is 5.68. The van der Waals surface area contributed by atoms with E-state index in [-0.39, 0.29) is 17.7 Å². The van der Waals surface area contributed by atoms with Crippen LogP contribution in [0.15, 0.2) is 42.5 Å². The number of nitrogens with zero attached hydrogens (tertiary/aromatic N) is 2. The molecule has 3 rings (SSSR count). The Kier molecular flexibility index (Phi) is 7.21. The molecule has 1 fully saturated rings. The lowest BCUT2D eigenvalue weighted by molar-refractivity contribution is -0.136. The van der Waals surface area contributed by atoms with E-state index < -0.39 is 0 Å². The second kappa shape index (κ2) is 9.85. The van der Waals surface area contributed by atoms with E-state index in [4.69, 9.17) is 21.1 Å². The molecule has 6 nitrogen and oxygen atoms in total. The van der Waals surface area contributed by atoms with Crippen molar-refractivity contribution in [2.24, 2.45) is 5.92 Å². The highest BCUT2D eigenvalue weighted by Gasteiger charge is 2.30. The summed E-state index contributed by atoms with van der Waals surface area (Å²) in [4.78, 5) is 29.4. The van der Waals surface area contributed by atoms with Gasteiger partial charge in [0.05, 0.1) is 20.1 Å². The number of benzene rings is 2. The number of piperidine rings is 1. The van der Waals surface area contributed by atoms with Crippen molar-refractivity contribution >= 4 is 23.4 Å². The largest absolute Gasteiger partial charge is 0.497 e. The Bertz CT molecular complexity index is 901. The lowest BCUT2D eigenvalue weighted by Gasteiger charge is -2.34. The zero-order valence-corrected chi connectivity index (χ0v) is 18.3. The van der Waals surface area contributed by atoms with Crippen LogP contribution >= 0.6 is 11.6 Å². The SMILES string of the molecule is COc1ccc(CN(C)C(=O)C2CCCN(C(=O)c3ccc(Cl)cc3)C2)c(OC)c1. The molecule has 1 aliphatic heterocycles. The third-order valence-electron chi connectivity index (χ3n) is 5.43. The van der Waals surface area contributed by atoms with Crippen molar-refractivity contribution in [2.45, 2.75) is 19.4 Å². The van der Waals surface area contributed by atoms with Crippen LogP contribution in [0.2, 0.25) is 5.02 Å². The zero-order valence-electron chi connectivity index (χ0n) is 17.6. The summed E-state index contributed by atoms with van der Waals surface area (Å²) < 4.78 is 10.7. The standard InChI is InChI=1S/C23H27ClN2O4/c1-25(14-17-8-11-20(29-2)13-21(17)30-3)22(27)18-5-4-12-26(15-18)23(28)16-6-9-19(24)10-7-16/h6-11,13,18H,4-5,12,14-15H2,1-3H3. The predicted octanol–water partition coefficient (Wildman–Crippen LogP) is 3.87. The normalized spacial score (nSPS) is 16.1. The van der Waals surface area contributed by atoms with E-state index in [2.05, 4.69) is 0 Å². The summed E-state index contributed by atoms with van der Waals surface area (Å²) in [5, 5.41) is 0.592. The van der Waals surface area contributed by atoms with Crippen molar-refractivity contribution < 1.29 is 19.1 Å². The summed E-state index contributed by atoms with van der Waals surface area (Å²) in [6.07, 6.45) is 1.57. The van der Waals surface area contributed by atoms with Gasteiger partial charge in [-0.05, 0) is 49.2 Å². The molecule has 1 atom stereocenters. The van der Waals surface area contributed by atoms with Gasteiger partial charge in [0, 0.05) is 48.9 Å². The topological polar surface area (TPSA) is 59.1 Å². The van der Waals surface area contributed by atoms with Crippen LogP contribution in [-0.2, 0) is 11.3 Å². The van der Waals surface area contributed by atoms with E-state index in [1.807, 2.05) is 12.1 Å². The van der Waals surface area contributed by atoms with Crippen LogP contribution in [0.1, 0.15) is 28.8 Å². The molecule has 7 heteroatoms. The van der Waals surface area contributed by atoms with Crippen molar-refractivity contribution in [3.05, 3.63) is 58.6 Å². The van der Waals surface area contributed by atoms with E-state index in [0.717, 1.165) is 18.4 Å². The minimum atomic E-state index is -0.218. The summed E-state index contributed by atoms with van der Waals surface area (Å²) >= 11 is 5.92. The Morgan fingerprint density at radius 3 is 2.53 bits per heavy atom. The second-order valence-corrected chi connectivity index (χ2v) is 7.91. The van der Waals surface area contributed by atoms with Crippen LogP contribution in [0.5, 0.6) is 11.5 Å². The van der Waals surface area contributed by atoms with Crippen LogP contribution < -0.4 is 9.47 Å². The molecule has 0 saturated carbocycles. The first-order valence-corrected chi connectivity index (χ1v) is 10.3. The zero-order chi connectivity index (χ0) is 21.7. The van der Waals surface area contributed by atoms with Gasteiger partial charge in [-0.3, -0.25) is 9.59 Å². The van der Waals surface area contributed by atoms with Gasteiger partial charge >= 0.3 is 0 Å². The van der Waals surface area contributed by atoms with Crippen molar-refractivity contribution in [1.82, 2.24) is 9.80 Å². The van der Waals surface area contributed by atoms with Crippen LogP contribution in [0.25, 0.3) is 0 Å². The highest BCUT2D eigenvalue weighted by atomic mass is 35.5. The molecule has 0 bridgehead atoms. The molecule has 0 spiro atoms. The minimum Gasteiger partial charge on any atom is -0.497 e. The maximum Gasteiger partial charge on any atom is 0.253 e. The molecule has 1 unspecified atom stereocenters. The molecule has 0 N–H and O–H groups in total. The molecular weight excluding hydrogens is 404 g/mol. The number of hydrogen-bond acceptors (Lipinski definition) is 4. The monoisotopic (exact) mass is 430 g/mol. The fourth-order valence-electron chi connectivity index (χ4n) is 3.77. The quantitative estimate of drug-likeness (QED) is 0.698. The molecule has 2 aromatic rings. The number of hydrogen-bond donors (Lipinski definition) is 0. The Hall–Kier alpha value is -2.73. The van der Waals surface area contributed by atoms with Crippen LogP contribution in [-0.4, -0.2) is 56.0 Å². The number of likely N-dealkylation sites (tertiary alicyclic amines) is 1. The number of rotatable bonds is 6. The van der Waals surface area contributed by atoms with Gasteiger partial charge in [-0.15, -0.1) is 0 Å². The Labute approximate surface area is 182 Å². The van der Waals surface area contributed by atoms with E-state index in [0.29, 0.717) is 41.7 Å². The summed E-state index contributed by atoms with van der Waals surface area (Å²) in [6.45, 7) is 1.50. The van der Waals surface area contributed by atoms with Crippen LogP contribution in [0, 0.1) is 5.92 Å². The molecule has 1 saturated heterocycles. The van der Waals surface area contributed by atoms with E-state index in [1.165, 1.54) is 0 Å². The predicted molar refractivity (Wildman–Crippen MR) is 116 cm³/mol. The van der Waals surface area contributed by atoms with Gasteiger partial charge in [0.15, 0.2) is 0 Å². The molecule has 2 amide bonds. The number of carbonyl (C=O) groups excluding carboxylic acids is 2. The first kappa shape index (κ1) is 22.0. The molecule has 160 valence electrons. The van der Waals surface area contributed by atoms with Gasteiger partial charge in [-0.1, -0.05) is 11.6 Å². The average molecular weight is 431 g/mol. The Morgan fingerprint density at radius 1 is 1.13 bits per heavy atom. The number of methoxy groups -OCH3 is 2. The lowest BCUT2D eigenvalue weighted by Crippen LogP contribution is -2.45. The van der Waals surface area contributed by atoms with Gasteiger partial charge in [-0.2, -0.15) is 0 Å². The summed E-state index contributed by atoms with van der Waals surface area (Å²) in [6, 6.07) is 12.4. The Morgan fingerprint density at radius 2 is 1.87 bits per heavy atom. The molecule has 30 heavy (non-hydrogen) atoms. The first-order valence-electron chi connectivity index (χ1n) is 9.93. The number of ether oxygens (including phenoxy) is 2. The van der Waals surface area contributed by atoms with Gasteiger partial charge in [-0.25, -0.2) is 0 Å². The summed E-state index contributed by atoms with van der Waals surface area (Å²) in [5.74, 6) is 1.12. The molecule has 1 aliphatic rings. The maximum atomic E-state index is 13.1. The van der Waals surface area contributed by atoms with Gasteiger partial charge in [0.25, 0.3) is 5.91 Å². The van der Waals surface area contributed by atoms with Gasteiger partial charge in [0.1, 0.15) is 11.5 Å². The molecule has 0 aliphatic carbocycles. The van der Waals surface area contributed by atoms with Crippen molar-refractivity contribution in [1.29, 1.82) is 0 Å².